The van der Waals surface area contributed by atoms with Crippen LogP contribution in [0.2, 0.25) is 0 Å². The molecule has 0 aliphatic carbocycles. The van der Waals surface area contributed by atoms with Gasteiger partial charge in [0.15, 0.2) is 6.61 Å². The minimum atomic E-state index is -3.78. The van der Waals surface area contributed by atoms with Gasteiger partial charge in [0.1, 0.15) is 0 Å². The Bertz CT molecular complexity index is 1120. The van der Waals surface area contributed by atoms with Crippen LogP contribution in [0.4, 0.5) is 0 Å². The highest BCUT2D eigenvalue weighted by Gasteiger charge is 2.25. The molecule has 0 aliphatic heterocycles. The number of aryl methyl sites for hydroxylation is 1. The molecule has 1 aromatic carbocycles. The molecule has 1 N–H and O–H groups in total. The van der Waals surface area contributed by atoms with Crippen molar-refractivity contribution in [1.82, 2.24) is 9.29 Å². The normalized spacial score (nSPS) is 11.6. The number of ether oxygens (including phenoxy) is 2. The molecule has 168 valence electrons. The van der Waals surface area contributed by atoms with Crippen LogP contribution >= 0.6 is 0 Å². The van der Waals surface area contributed by atoms with Crippen LogP contribution in [0, 0.1) is 13.8 Å². The van der Waals surface area contributed by atoms with E-state index < -0.39 is 34.4 Å². The zero-order valence-electron chi connectivity index (χ0n) is 18.3. The van der Waals surface area contributed by atoms with Crippen LogP contribution in [0.25, 0.3) is 0 Å². The number of Topliss-reactive ketones (excluding diaryl/α,β-unsaturated/α-hetero) is 1. The molecule has 0 atom stereocenters. The fourth-order valence-electron chi connectivity index (χ4n) is 2.95. The van der Waals surface area contributed by atoms with E-state index in [1.54, 1.807) is 27.7 Å². The number of hydrogen-bond donors (Lipinski definition) is 1. The molecule has 0 aliphatic rings. The number of esters is 2. The highest BCUT2D eigenvalue weighted by atomic mass is 32.2. The Kier molecular flexibility index (Phi) is 7.40. The Hall–Kier alpha value is -2.98. The molecule has 0 unspecified atom stereocenters. The summed E-state index contributed by atoms with van der Waals surface area (Å²) in [6.45, 7) is 6.10. The maximum atomic E-state index is 12.6. The van der Waals surface area contributed by atoms with E-state index in [-0.39, 0.29) is 27.8 Å². The van der Waals surface area contributed by atoms with Gasteiger partial charge in [-0.3, -0.25) is 4.79 Å². The number of aromatic nitrogens is 1. The quantitative estimate of drug-likeness (QED) is 0.484. The average Bonchev–Trinajstić information content (AvgIpc) is 3.04. The molecule has 0 fully saturated rings. The van der Waals surface area contributed by atoms with Crippen LogP contribution in [-0.4, -0.2) is 62.2 Å². The van der Waals surface area contributed by atoms with Crippen molar-refractivity contribution in [2.45, 2.75) is 38.6 Å². The highest BCUT2D eigenvalue weighted by molar-refractivity contribution is 7.89. The first-order valence-electron chi connectivity index (χ1n) is 9.47. The Morgan fingerprint density at radius 3 is 2.35 bits per heavy atom. The van der Waals surface area contributed by atoms with E-state index in [9.17, 15) is 22.8 Å². The van der Waals surface area contributed by atoms with Gasteiger partial charge in [-0.1, -0.05) is 6.07 Å². The van der Waals surface area contributed by atoms with Crippen molar-refractivity contribution in [1.29, 1.82) is 0 Å². The minimum Gasteiger partial charge on any atom is -0.465 e. The Morgan fingerprint density at radius 1 is 1.13 bits per heavy atom. The Labute approximate surface area is 181 Å². The van der Waals surface area contributed by atoms with Crippen molar-refractivity contribution in [2.75, 3.05) is 20.8 Å². The van der Waals surface area contributed by atoms with Crippen molar-refractivity contribution in [2.24, 2.45) is 0 Å². The standard InChI is InChI=1S/C21H26N2O7S/c1-12(2)23(5)31(27,28)16-9-7-8-15(10-16)20(25)30-11-17(24)19-13(3)18(14(4)22-19)21(26)29-6/h7-10,12,22H,11H2,1-6H3. The molecule has 0 saturated carbocycles. The summed E-state index contributed by atoms with van der Waals surface area (Å²) in [7, 11) is -1.08. The number of methoxy groups -OCH3 is 1. The number of carbonyl (C=O) groups is 3. The Balaban J connectivity index is 2.17. The summed E-state index contributed by atoms with van der Waals surface area (Å²) < 4.78 is 36.2. The molecule has 31 heavy (non-hydrogen) atoms. The average molecular weight is 451 g/mol. The smallest absolute Gasteiger partial charge is 0.339 e. The van der Waals surface area contributed by atoms with Gasteiger partial charge in [0.2, 0.25) is 15.8 Å². The SMILES string of the molecule is COC(=O)c1c(C)[nH]c(C(=O)COC(=O)c2cccc(S(=O)(=O)N(C)C(C)C)c2)c1C. The second-order valence-electron chi connectivity index (χ2n) is 7.26. The Morgan fingerprint density at radius 2 is 1.77 bits per heavy atom. The van der Waals surface area contributed by atoms with Gasteiger partial charge in [0.25, 0.3) is 0 Å². The second-order valence-corrected chi connectivity index (χ2v) is 9.26. The largest absolute Gasteiger partial charge is 0.465 e. The summed E-state index contributed by atoms with van der Waals surface area (Å²) >= 11 is 0. The van der Waals surface area contributed by atoms with Crippen molar-refractivity contribution in [3.63, 3.8) is 0 Å². The van der Waals surface area contributed by atoms with Gasteiger partial charge in [-0.25, -0.2) is 18.0 Å². The first-order valence-corrected chi connectivity index (χ1v) is 10.9. The lowest BCUT2D eigenvalue weighted by Gasteiger charge is -2.21. The molecule has 2 aromatic rings. The number of carbonyl (C=O) groups excluding carboxylic acids is 3. The lowest BCUT2D eigenvalue weighted by molar-refractivity contribution is 0.0472. The monoisotopic (exact) mass is 450 g/mol. The van der Waals surface area contributed by atoms with Gasteiger partial charge in [-0.2, -0.15) is 4.31 Å². The first-order chi connectivity index (χ1) is 14.4. The van der Waals surface area contributed by atoms with Crippen molar-refractivity contribution < 1.29 is 32.3 Å². The van der Waals surface area contributed by atoms with E-state index in [4.69, 9.17) is 9.47 Å². The lowest BCUT2D eigenvalue weighted by Crippen LogP contribution is -2.33. The number of nitrogens with one attached hydrogen (secondary N) is 1. The summed E-state index contributed by atoms with van der Waals surface area (Å²) in [4.78, 5) is 39.5. The number of H-pyrrole nitrogens is 1. The van der Waals surface area contributed by atoms with Crippen LogP contribution in [0.1, 0.15) is 56.3 Å². The number of nitrogens with zero attached hydrogens (tertiary/aromatic N) is 1. The summed E-state index contributed by atoms with van der Waals surface area (Å²) in [5.41, 5.74) is 1.26. The number of sulfonamides is 1. The summed E-state index contributed by atoms with van der Waals surface area (Å²) in [5.74, 6) is -1.95. The third kappa shape index (κ3) is 5.02. The van der Waals surface area contributed by atoms with E-state index >= 15 is 0 Å². The zero-order chi connectivity index (χ0) is 23.5. The lowest BCUT2D eigenvalue weighted by atomic mass is 10.1. The summed E-state index contributed by atoms with van der Waals surface area (Å²) in [6, 6.07) is 5.16. The van der Waals surface area contributed by atoms with Gasteiger partial charge in [-0.05, 0) is 51.5 Å². The predicted octanol–water partition coefficient (Wildman–Crippen LogP) is 2.49. The number of ketones is 1. The molecule has 0 radical (unpaired) electrons. The maximum absolute atomic E-state index is 12.6. The third-order valence-electron chi connectivity index (χ3n) is 4.91. The number of aromatic amines is 1. The van der Waals surface area contributed by atoms with E-state index in [1.165, 1.54) is 42.7 Å². The van der Waals surface area contributed by atoms with Crippen LogP contribution in [0.15, 0.2) is 29.2 Å². The van der Waals surface area contributed by atoms with Crippen LogP contribution in [0.5, 0.6) is 0 Å². The highest BCUT2D eigenvalue weighted by Crippen LogP contribution is 2.20. The molecule has 10 heteroatoms. The summed E-state index contributed by atoms with van der Waals surface area (Å²) in [6.07, 6.45) is 0. The van der Waals surface area contributed by atoms with Crippen LogP contribution < -0.4 is 0 Å². The van der Waals surface area contributed by atoms with Crippen LogP contribution in [0.3, 0.4) is 0 Å². The molecule has 0 amide bonds. The second kappa shape index (κ2) is 9.44. The fourth-order valence-corrected chi connectivity index (χ4v) is 4.37. The molecule has 1 aromatic heterocycles. The number of hydrogen-bond acceptors (Lipinski definition) is 7. The zero-order valence-corrected chi connectivity index (χ0v) is 19.1. The van der Waals surface area contributed by atoms with Crippen molar-refractivity contribution in [3.05, 3.63) is 52.3 Å². The van der Waals surface area contributed by atoms with Crippen molar-refractivity contribution >= 4 is 27.7 Å². The van der Waals surface area contributed by atoms with Gasteiger partial charge >= 0.3 is 11.9 Å². The van der Waals surface area contributed by atoms with Crippen molar-refractivity contribution in [3.8, 4) is 0 Å². The van der Waals surface area contributed by atoms with E-state index in [0.717, 1.165) is 0 Å². The molecular weight excluding hydrogens is 424 g/mol. The topological polar surface area (TPSA) is 123 Å². The molecule has 0 spiro atoms. The molecule has 2 rings (SSSR count). The molecule has 1 heterocycles. The van der Waals surface area contributed by atoms with Gasteiger partial charge < -0.3 is 14.5 Å². The van der Waals surface area contributed by atoms with Gasteiger partial charge in [-0.15, -0.1) is 0 Å². The van der Waals surface area contributed by atoms with Gasteiger partial charge in [0.05, 0.1) is 28.8 Å². The van der Waals surface area contributed by atoms with Gasteiger partial charge in [0, 0.05) is 18.8 Å². The predicted molar refractivity (Wildman–Crippen MR) is 113 cm³/mol. The maximum Gasteiger partial charge on any atom is 0.339 e. The molecule has 0 saturated heterocycles. The van der Waals surface area contributed by atoms with Crippen LogP contribution in [-0.2, 0) is 19.5 Å². The molecule has 0 bridgehead atoms. The molecular formula is C21H26N2O7S. The minimum absolute atomic E-state index is 0.000620. The fraction of sp³-hybridized carbons (Fsp3) is 0.381. The van der Waals surface area contributed by atoms with E-state index in [0.29, 0.717) is 11.3 Å². The first kappa shape index (κ1) is 24.3. The summed E-state index contributed by atoms with van der Waals surface area (Å²) in [5, 5.41) is 0. The number of rotatable bonds is 8. The third-order valence-corrected chi connectivity index (χ3v) is 6.94. The molecule has 9 nitrogen and oxygen atoms in total. The van der Waals surface area contributed by atoms with E-state index in [2.05, 4.69) is 4.98 Å². The number of benzene rings is 1. The van der Waals surface area contributed by atoms with E-state index in [1.807, 2.05) is 0 Å².